The molecule has 0 heterocycles. The largest absolute Gasteiger partial charge is 0.497 e. The Morgan fingerprint density at radius 1 is 1.07 bits per heavy atom. The summed E-state index contributed by atoms with van der Waals surface area (Å²) in [7, 11) is 1.67. The first-order valence-corrected chi connectivity index (χ1v) is 5.54. The summed E-state index contributed by atoms with van der Waals surface area (Å²) in [5.41, 5.74) is 2.29. The Morgan fingerprint density at radius 2 is 1.60 bits per heavy atom. The molecule has 0 aliphatic heterocycles. The minimum atomic E-state index is 0.889. The average Bonchev–Trinajstić information content (AvgIpc) is 2.33. The van der Waals surface area contributed by atoms with Crippen molar-refractivity contribution in [1.82, 2.24) is 0 Å². The number of rotatable bonds is 2. The van der Waals surface area contributed by atoms with Crippen LogP contribution in [0.15, 0.2) is 24.8 Å². The Labute approximate surface area is 94.8 Å². The van der Waals surface area contributed by atoms with Crippen LogP contribution in [0, 0.1) is 6.92 Å². The smallest absolute Gasteiger partial charge is 0.119 e. The third-order valence-electron chi connectivity index (χ3n) is 1.54. The highest BCUT2D eigenvalue weighted by Crippen LogP contribution is 2.16. The highest BCUT2D eigenvalue weighted by molar-refractivity contribution is 5.51. The molecule has 0 radical (unpaired) electrons. The van der Waals surface area contributed by atoms with Crippen LogP contribution in [0.4, 0.5) is 0 Å². The first-order chi connectivity index (χ1) is 7.26. The van der Waals surface area contributed by atoms with Gasteiger partial charge in [-0.3, -0.25) is 0 Å². The van der Waals surface area contributed by atoms with E-state index in [-0.39, 0.29) is 0 Å². The maximum absolute atomic E-state index is 5.09. The van der Waals surface area contributed by atoms with E-state index in [1.807, 2.05) is 52.8 Å². The number of hydrogen-bond donors (Lipinski definition) is 0. The van der Waals surface area contributed by atoms with Crippen LogP contribution in [0.5, 0.6) is 5.75 Å². The Bertz CT molecular complexity index is 264. The van der Waals surface area contributed by atoms with E-state index in [0.717, 1.165) is 11.3 Å². The SMILES string of the molecule is C=Cc1cc(C)cc(OC)c1.CC.CC. The molecular weight excluding hydrogens is 184 g/mol. The van der Waals surface area contributed by atoms with Gasteiger partial charge < -0.3 is 4.74 Å². The highest BCUT2D eigenvalue weighted by Gasteiger charge is 1.93. The van der Waals surface area contributed by atoms with Crippen LogP contribution in [-0.2, 0) is 0 Å². The van der Waals surface area contributed by atoms with Gasteiger partial charge in [-0.15, -0.1) is 0 Å². The average molecular weight is 208 g/mol. The third-order valence-corrected chi connectivity index (χ3v) is 1.54. The summed E-state index contributed by atoms with van der Waals surface area (Å²) in [6, 6.07) is 6.02. The molecular formula is C14H24O. The fourth-order valence-electron chi connectivity index (χ4n) is 1.01. The molecule has 0 aliphatic carbocycles. The topological polar surface area (TPSA) is 9.23 Å². The molecule has 15 heavy (non-hydrogen) atoms. The highest BCUT2D eigenvalue weighted by atomic mass is 16.5. The molecule has 0 N–H and O–H groups in total. The Balaban J connectivity index is 0. The van der Waals surface area contributed by atoms with Crippen molar-refractivity contribution >= 4 is 6.08 Å². The normalized spacial score (nSPS) is 7.60. The zero-order valence-corrected chi connectivity index (χ0v) is 10.9. The van der Waals surface area contributed by atoms with Gasteiger partial charge in [0, 0.05) is 0 Å². The van der Waals surface area contributed by atoms with Gasteiger partial charge in [-0.05, 0) is 30.2 Å². The monoisotopic (exact) mass is 208 g/mol. The maximum Gasteiger partial charge on any atom is 0.119 e. The van der Waals surface area contributed by atoms with E-state index in [4.69, 9.17) is 4.74 Å². The molecule has 0 atom stereocenters. The van der Waals surface area contributed by atoms with Crippen molar-refractivity contribution in [3.05, 3.63) is 35.9 Å². The first-order valence-electron chi connectivity index (χ1n) is 5.54. The van der Waals surface area contributed by atoms with Crippen LogP contribution in [0.1, 0.15) is 38.8 Å². The van der Waals surface area contributed by atoms with Gasteiger partial charge in [0.05, 0.1) is 7.11 Å². The lowest BCUT2D eigenvalue weighted by Crippen LogP contribution is -1.84. The predicted molar refractivity (Wildman–Crippen MR) is 70.5 cm³/mol. The van der Waals surface area contributed by atoms with Gasteiger partial charge in [-0.1, -0.05) is 46.4 Å². The zero-order valence-electron chi connectivity index (χ0n) is 10.9. The second-order valence-electron chi connectivity index (χ2n) is 2.49. The van der Waals surface area contributed by atoms with Crippen LogP contribution in [0.2, 0.25) is 0 Å². The molecule has 1 aromatic rings. The van der Waals surface area contributed by atoms with E-state index in [1.54, 1.807) is 7.11 Å². The Morgan fingerprint density at radius 3 is 2.00 bits per heavy atom. The molecule has 1 rings (SSSR count). The van der Waals surface area contributed by atoms with Crippen LogP contribution >= 0.6 is 0 Å². The minimum Gasteiger partial charge on any atom is -0.497 e. The summed E-state index contributed by atoms with van der Waals surface area (Å²) in [4.78, 5) is 0. The molecule has 1 nitrogen and oxygen atoms in total. The minimum absolute atomic E-state index is 0.889. The van der Waals surface area contributed by atoms with Crippen LogP contribution in [0.25, 0.3) is 6.08 Å². The fourth-order valence-corrected chi connectivity index (χ4v) is 1.01. The number of hydrogen-bond acceptors (Lipinski definition) is 1. The van der Waals surface area contributed by atoms with E-state index < -0.39 is 0 Å². The fraction of sp³-hybridized carbons (Fsp3) is 0.429. The van der Waals surface area contributed by atoms with E-state index in [0.29, 0.717) is 0 Å². The predicted octanol–water partition coefficient (Wildman–Crippen LogP) is 4.70. The molecule has 0 aromatic heterocycles. The summed E-state index contributed by atoms with van der Waals surface area (Å²) >= 11 is 0. The van der Waals surface area contributed by atoms with E-state index >= 15 is 0 Å². The van der Waals surface area contributed by atoms with Gasteiger partial charge in [0.1, 0.15) is 5.75 Å². The lowest BCUT2D eigenvalue weighted by molar-refractivity contribution is 0.414. The van der Waals surface area contributed by atoms with Crippen LogP contribution in [0.3, 0.4) is 0 Å². The summed E-state index contributed by atoms with van der Waals surface area (Å²) in [5.74, 6) is 0.889. The quantitative estimate of drug-likeness (QED) is 0.684. The van der Waals surface area contributed by atoms with Gasteiger partial charge in [0.25, 0.3) is 0 Å². The van der Waals surface area contributed by atoms with Crippen LogP contribution < -0.4 is 4.74 Å². The zero-order chi connectivity index (χ0) is 12.3. The van der Waals surface area contributed by atoms with E-state index in [9.17, 15) is 0 Å². The standard InChI is InChI=1S/C10H12O.2C2H6/c1-4-9-5-8(2)6-10(7-9)11-3;2*1-2/h4-7H,1H2,2-3H3;2*1-2H3. The molecule has 0 fully saturated rings. The summed E-state index contributed by atoms with van der Waals surface area (Å²) < 4.78 is 5.09. The molecule has 0 aliphatic rings. The van der Waals surface area contributed by atoms with E-state index in [2.05, 4.69) is 12.6 Å². The first kappa shape index (κ1) is 16.2. The summed E-state index contributed by atoms with van der Waals surface area (Å²) in [6.07, 6.45) is 1.82. The van der Waals surface area contributed by atoms with Gasteiger partial charge in [-0.2, -0.15) is 0 Å². The van der Waals surface area contributed by atoms with E-state index in [1.165, 1.54) is 5.56 Å². The van der Waals surface area contributed by atoms with Gasteiger partial charge in [-0.25, -0.2) is 0 Å². The molecule has 1 heteroatoms. The van der Waals surface area contributed by atoms with Crippen LogP contribution in [-0.4, -0.2) is 7.11 Å². The number of methoxy groups -OCH3 is 1. The molecule has 0 bridgehead atoms. The van der Waals surface area contributed by atoms with Crippen molar-refractivity contribution in [2.75, 3.05) is 7.11 Å². The number of benzene rings is 1. The number of aryl methyl sites for hydroxylation is 1. The van der Waals surface area contributed by atoms with Gasteiger partial charge >= 0.3 is 0 Å². The number of ether oxygens (including phenoxy) is 1. The van der Waals surface area contributed by atoms with Crippen molar-refractivity contribution < 1.29 is 4.74 Å². The van der Waals surface area contributed by atoms with Crippen molar-refractivity contribution in [2.24, 2.45) is 0 Å². The second-order valence-corrected chi connectivity index (χ2v) is 2.49. The summed E-state index contributed by atoms with van der Waals surface area (Å²) in [5, 5.41) is 0. The molecule has 0 saturated carbocycles. The molecule has 86 valence electrons. The van der Waals surface area contributed by atoms with Gasteiger partial charge in [0.15, 0.2) is 0 Å². The second kappa shape index (κ2) is 10.8. The van der Waals surface area contributed by atoms with Crippen molar-refractivity contribution in [3.63, 3.8) is 0 Å². The third kappa shape index (κ3) is 6.78. The van der Waals surface area contributed by atoms with Crippen molar-refractivity contribution in [2.45, 2.75) is 34.6 Å². The lowest BCUT2D eigenvalue weighted by atomic mass is 10.1. The Hall–Kier alpha value is -1.24. The summed E-state index contributed by atoms with van der Waals surface area (Å²) in [6.45, 7) is 13.7. The molecule has 1 aromatic carbocycles. The Kier molecular flexibility index (Phi) is 11.7. The van der Waals surface area contributed by atoms with Gasteiger partial charge in [0.2, 0.25) is 0 Å². The molecule has 0 unspecified atom stereocenters. The maximum atomic E-state index is 5.09. The molecule has 0 spiro atoms. The van der Waals surface area contributed by atoms with Crippen molar-refractivity contribution in [1.29, 1.82) is 0 Å². The molecule has 0 saturated heterocycles. The molecule has 0 amide bonds. The lowest BCUT2D eigenvalue weighted by Gasteiger charge is -2.02. The van der Waals surface area contributed by atoms with Crippen molar-refractivity contribution in [3.8, 4) is 5.75 Å².